The maximum Gasteiger partial charge on any atom is 0.290 e. The first kappa shape index (κ1) is 20.2. The minimum absolute atomic E-state index is 0.0204. The summed E-state index contributed by atoms with van der Waals surface area (Å²) in [5.41, 5.74) is 3.45. The van der Waals surface area contributed by atoms with E-state index in [1.165, 1.54) is 21.6 Å². The average molecular weight is 421 g/mol. The Morgan fingerprint density at radius 3 is 2.80 bits per heavy atom. The van der Waals surface area contributed by atoms with Gasteiger partial charge in [-0.25, -0.2) is 0 Å². The Morgan fingerprint density at radius 2 is 2.07 bits per heavy atom. The van der Waals surface area contributed by atoms with Crippen molar-refractivity contribution >= 4 is 23.2 Å². The smallest absolute Gasteiger partial charge is 0.290 e. The predicted molar refractivity (Wildman–Crippen MR) is 118 cm³/mol. The third kappa shape index (κ3) is 3.83. The maximum atomic E-state index is 13.5. The Bertz CT molecular complexity index is 1050. The molecule has 0 bridgehead atoms. The van der Waals surface area contributed by atoms with Crippen molar-refractivity contribution in [1.29, 1.82) is 0 Å². The average Bonchev–Trinajstić information content (AvgIpc) is 3.44. The molecule has 0 fully saturated rings. The number of amides is 2. The Hall–Kier alpha value is -3.12. The number of hydrogen-bond acceptors (Lipinski definition) is 4. The zero-order chi connectivity index (χ0) is 21.1. The lowest BCUT2D eigenvalue weighted by Crippen LogP contribution is -2.47. The van der Waals surface area contributed by atoms with Gasteiger partial charge in [-0.3, -0.25) is 9.59 Å². The second kappa shape index (κ2) is 8.71. The van der Waals surface area contributed by atoms with Crippen LogP contribution in [0.2, 0.25) is 0 Å². The number of rotatable bonds is 6. The van der Waals surface area contributed by atoms with Crippen molar-refractivity contribution in [3.63, 3.8) is 0 Å². The molecule has 2 aromatic heterocycles. The molecule has 154 valence electrons. The van der Waals surface area contributed by atoms with E-state index in [0.29, 0.717) is 6.54 Å². The van der Waals surface area contributed by atoms with Crippen LogP contribution in [-0.2, 0) is 11.2 Å². The van der Waals surface area contributed by atoms with E-state index in [9.17, 15) is 9.59 Å². The predicted octanol–water partition coefficient (Wildman–Crippen LogP) is 4.45. The highest BCUT2D eigenvalue weighted by molar-refractivity contribution is 7.10. The second-order valence-corrected chi connectivity index (χ2v) is 8.35. The molecule has 2 amide bonds. The Kier molecular flexibility index (Phi) is 5.86. The molecule has 30 heavy (non-hydrogen) atoms. The molecule has 3 aromatic rings. The van der Waals surface area contributed by atoms with Gasteiger partial charge in [0.15, 0.2) is 5.76 Å². The van der Waals surface area contributed by atoms with Crippen LogP contribution in [0.25, 0.3) is 0 Å². The second-order valence-electron chi connectivity index (χ2n) is 7.35. The van der Waals surface area contributed by atoms with E-state index in [-0.39, 0.29) is 36.7 Å². The lowest BCUT2D eigenvalue weighted by Gasteiger charge is -2.38. The largest absolute Gasteiger partial charge is 0.459 e. The van der Waals surface area contributed by atoms with Gasteiger partial charge in [0.2, 0.25) is 5.91 Å². The summed E-state index contributed by atoms with van der Waals surface area (Å²) in [4.78, 5) is 31.0. The highest BCUT2D eigenvalue weighted by Gasteiger charge is 2.34. The number of nitrogens with zero attached hydrogens (tertiary/aromatic N) is 2. The fourth-order valence-electron chi connectivity index (χ4n) is 4.00. The molecular weight excluding hydrogens is 396 g/mol. The van der Waals surface area contributed by atoms with Crippen LogP contribution in [0.15, 0.2) is 71.2 Å². The van der Waals surface area contributed by atoms with Crippen molar-refractivity contribution in [1.82, 2.24) is 9.80 Å². The molecule has 0 spiro atoms. The van der Waals surface area contributed by atoms with Crippen LogP contribution in [0, 0.1) is 6.92 Å². The van der Waals surface area contributed by atoms with Crippen molar-refractivity contribution in [3.8, 4) is 0 Å². The van der Waals surface area contributed by atoms with Gasteiger partial charge >= 0.3 is 0 Å². The quantitative estimate of drug-likeness (QED) is 0.554. The van der Waals surface area contributed by atoms with E-state index in [4.69, 9.17) is 4.42 Å². The number of carbonyl (C=O) groups excluding carboxylic acids is 2. The molecule has 0 saturated heterocycles. The summed E-state index contributed by atoms with van der Waals surface area (Å²) in [6.45, 7) is 6.69. The lowest BCUT2D eigenvalue weighted by molar-refractivity contribution is -0.133. The summed E-state index contributed by atoms with van der Waals surface area (Å²) < 4.78 is 5.24. The molecule has 1 atom stereocenters. The molecule has 5 nitrogen and oxygen atoms in total. The highest BCUT2D eigenvalue weighted by atomic mass is 32.1. The molecule has 4 rings (SSSR count). The van der Waals surface area contributed by atoms with Crippen LogP contribution in [-0.4, -0.2) is 41.2 Å². The van der Waals surface area contributed by atoms with E-state index >= 15 is 0 Å². The molecule has 0 N–H and O–H groups in total. The summed E-state index contributed by atoms with van der Waals surface area (Å²) in [5.74, 6) is -0.172. The van der Waals surface area contributed by atoms with E-state index < -0.39 is 0 Å². The van der Waals surface area contributed by atoms with Gasteiger partial charge in [-0.05, 0) is 53.6 Å². The van der Waals surface area contributed by atoms with Crippen LogP contribution < -0.4 is 0 Å². The van der Waals surface area contributed by atoms with E-state index in [1.807, 2.05) is 17.0 Å². The van der Waals surface area contributed by atoms with Gasteiger partial charge in [-0.15, -0.1) is 17.9 Å². The van der Waals surface area contributed by atoms with Gasteiger partial charge in [-0.2, -0.15) is 0 Å². The first-order chi connectivity index (χ1) is 14.6. The number of benzene rings is 1. The summed E-state index contributed by atoms with van der Waals surface area (Å²) in [7, 11) is 0. The molecule has 1 aromatic carbocycles. The topological polar surface area (TPSA) is 53.8 Å². The van der Waals surface area contributed by atoms with E-state index in [0.717, 1.165) is 17.5 Å². The third-order valence-corrected chi connectivity index (χ3v) is 6.46. The molecule has 1 aliphatic heterocycles. The monoisotopic (exact) mass is 420 g/mol. The fourth-order valence-corrected chi connectivity index (χ4v) is 4.90. The number of carbonyl (C=O) groups is 2. The molecule has 0 unspecified atom stereocenters. The van der Waals surface area contributed by atoms with Crippen molar-refractivity contribution in [2.45, 2.75) is 19.4 Å². The first-order valence-corrected chi connectivity index (χ1v) is 10.8. The van der Waals surface area contributed by atoms with Crippen LogP contribution >= 0.6 is 11.3 Å². The number of fused-ring (bicyclic) bond motifs is 1. The maximum absolute atomic E-state index is 13.5. The number of thiophene rings is 1. The minimum Gasteiger partial charge on any atom is -0.459 e. The van der Waals surface area contributed by atoms with Crippen molar-refractivity contribution in [2.75, 3.05) is 19.6 Å². The van der Waals surface area contributed by atoms with Gasteiger partial charge in [0.05, 0.1) is 12.3 Å². The molecular formula is C24H24N2O3S. The van der Waals surface area contributed by atoms with Crippen molar-refractivity contribution in [2.24, 2.45) is 0 Å². The zero-order valence-electron chi connectivity index (χ0n) is 16.9. The van der Waals surface area contributed by atoms with Crippen LogP contribution in [0.1, 0.15) is 38.2 Å². The summed E-state index contributed by atoms with van der Waals surface area (Å²) in [6.07, 6.45) is 3.91. The Morgan fingerprint density at radius 1 is 1.23 bits per heavy atom. The normalized spacial score (nSPS) is 15.5. The first-order valence-electron chi connectivity index (χ1n) is 9.95. The number of hydrogen-bond donors (Lipinski definition) is 0. The minimum atomic E-state index is -0.311. The van der Waals surface area contributed by atoms with Crippen LogP contribution in [0.3, 0.4) is 0 Å². The number of furan rings is 1. The van der Waals surface area contributed by atoms with E-state index in [1.54, 1.807) is 29.5 Å². The van der Waals surface area contributed by atoms with E-state index in [2.05, 4.69) is 37.1 Å². The van der Waals surface area contributed by atoms with Gasteiger partial charge in [0, 0.05) is 18.0 Å². The summed E-state index contributed by atoms with van der Waals surface area (Å²) in [6, 6.07) is 13.4. The molecule has 0 radical (unpaired) electrons. The summed E-state index contributed by atoms with van der Waals surface area (Å²) >= 11 is 1.74. The highest BCUT2D eigenvalue weighted by Crippen LogP contribution is 2.39. The van der Waals surface area contributed by atoms with Gasteiger partial charge in [0.1, 0.15) is 6.54 Å². The molecule has 0 aliphatic carbocycles. The fraction of sp³-hybridized carbons (Fsp3) is 0.250. The SMILES string of the molecule is C=CCN(CC(=O)N1CCc2sccc2[C@H]1c1ccccc1C)C(=O)c1ccco1. The van der Waals surface area contributed by atoms with Gasteiger partial charge < -0.3 is 14.2 Å². The molecule has 6 heteroatoms. The molecule has 3 heterocycles. The van der Waals surface area contributed by atoms with Crippen LogP contribution in [0.4, 0.5) is 0 Å². The summed E-state index contributed by atoms with van der Waals surface area (Å²) in [5, 5.41) is 2.09. The van der Waals surface area contributed by atoms with Gasteiger partial charge in [0.25, 0.3) is 5.91 Å². The molecule has 0 saturated carbocycles. The standard InChI is InChI=1S/C24H24N2O3S/c1-3-12-25(24(28)20-9-6-14-29-20)16-22(27)26-13-10-21-19(11-15-30-21)23(26)18-8-5-4-7-17(18)2/h3-9,11,14-15,23H,1,10,12-13,16H2,2H3/t23-/m1/s1. The lowest BCUT2D eigenvalue weighted by atomic mass is 9.90. The third-order valence-electron chi connectivity index (χ3n) is 5.46. The van der Waals surface area contributed by atoms with Crippen molar-refractivity contribution < 1.29 is 14.0 Å². The van der Waals surface area contributed by atoms with Gasteiger partial charge in [-0.1, -0.05) is 30.3 Å². The van der Waals surface area contributed by atoms with Crippen molar-refractivity contribution in [3.05, 3.63) is 94.1 Å². The number of aryl methyl sites for hydroxylation is 1. The van der Waals surface area contributed by atoms with Crippen LogP contribution in [0.5, 0.6) is 0 Å². The zero-order valence-corrected chi connectivity index (χ0v) is 17.7. The Balaban J connectivity index is 1.64. The molecule has 1 aliphatic rings. The Labute approximate surface area is 180 Å².